The molecule has 0 radical (unpaired) electrons. The summed E-state index contributed by atoms with van der Waals surface area (Å²) >= 11 is 3.46. The summed E-state index contributed by atoms with van der Waals surface area (Å²) in [5.74, 6) is 0.474. The van der Waals surface area contributed by atoms with Gasteiger partial charge in [-0.05, 0) is 57.9 Å². The predicted molar refractivity (Wildman–Crippen MR) is 136 cm³/mol. The van der Waals surface area contributed by atoms with Gasteiger partial charge in [-0.3, -0.25) is 9.59 Å². The van der Waals surface area contributed by atoms with E-state index in [4.69, 9.17) is 9.47 Å². The van der Waals surface area contributed by atoms with Gasteiger partial charge in [-0.2, -0.15) is 10.4 Å². The maximum atomic E-state index is 12.1. The van der Waals surface area contributed by atoms with Crippen molar-refractivity contribution in [2.75, 3.05) is 12.4 Å². The maximum absolute atomic E-state index is 12.1. The molecule has 3 rings (SSSR count). The highest BCUT2D eigenvalue weighted by atomic mass is 79.9. The van der Waals surface area contributed by atoms with Gasteiger partial charge in [0.25, 0.3) is 0 Å². The number of carbonyl (C=O) groups excluding carboxylic acids is 2. The number of nitrogens with zero attached hydrogens (tertiary/aromatic N) is 2. The highest BCUT2D eigenvalue weighted by Gasteiger charge is 2.10. The van der Waals surface area contributed by atoms with E-state index in [2.05, 4.69) is 37.8 Å². The number of carbonyl (C=O) groups is 2. The molecule has 0 fully saturated rings. The third kappa shape index (κ3) is 7.69. The van der Waals surface area contributed by atoms with Gasteiger partial charge >= 0.3 is 0 Å². The molecule has 0 aliphatic carbocycles. The number of hydrazone groups is 1. The molecule has 0 spiro atoms. The molecule has 8 nitrogen and oxygen atoms in total. The van der Waals surface area contributed by atoms with Crippen molar-refractivity contribution in [3.63, 3.8) is 0 Å². The zero-order chi connectivity index (χ0) is 25.0. The molecule has 178 valence electrons. The van der Waals surface area contributed by atoms with Gasteiger partial charge in [-0.1, -0.05) is 30.3 Å². The number of benzene rings is 3. The number of nitriles is 1. The number of hydrogen-bond acceptors (Lipinski definition) is 6. The van der Waals surface area contributed by atoms with E-state index in [0.717, 1.165) is 11.1 Å². The van der Waals surface area contributed by atoms with Crippen molar-refractivity contribution in [1.82, 2.24) is 5.43 Å². The molecular formula is C26H23BrN4O4. The summed E-state index contributed by atoms with van der Waals surface area (Å²) in [6, 6.07) is 21.8. The summed E-state index contributed by atoms with van der Waals surface area (Å²) in [5.41, 5.74) is 5.06. The van der Waals surface area contributed by atoms with Crippen LogP contribution in [-0.2, 0) is 16.2 Å². The normalized spacial score (nSPS) is 10.4. The molecule has 0 aliphatic heterocycles. The van der Waals surface area contributed by atoms with Crippen LogP contribution in [0.2, 0.25) is 0 Å². The van der Waals surface area contributed by atoms with E-state index in [1.807, 2.05) is 18.2 Å². The summed E-state index contributed by atoms with van der Waals surface area (Å²) in [6.07, 6.45) is 1.48. The van der Waals surface area contributed by atoms with Crippen LogP contribution < -0.4 is 20.2 Å². The van der Waals surface area contributed by atoms with Crippen molar-refractivity contribution in [2.24, 2.45) is 5.10 Å². The average Bonchev–Trinajstić information content (AvgIpc) is 2.87. The fourth-order valence-corrected chi connectivity index (χ4v) is 3.56. The molecule has 3 aromatic carbocycles. The van der Waals surface area contributed by atoms with Gasteiger partial charge in [0.2, 0.25) is 11.8 Å². The van der Waals surface area contributed by atoms with Crippen LogP contribution in [0.4, 0.5) is 5.69 Å². The summed E-state index contributed by atoms with van der Waals surface area (Å²) in [6.45, 7) is 0.260. The first kappa shape index (κ1) is 25.5. The molecule has 0 aliphatic rings. The standard InChI is InChI=1S/C26H23BrN4O4/c1-34-24-9-5-4-8-22(24)30-25(32)12-13-26(33)31-29-16-18-10-11-23(21(27)14-18)35-17-20-7-3-2-6-19(20)15-28/h2-11,14,16H,12-13,17H2,1H3,(H,30,32)(H,31,33). The number of amides is 2. The second-order valence-electron chi connectivity index (χ2n) is 7.29. The van der Waals surface area contributed by atoms with E-state index in [-0.39, 0.29) is 31.3 Å². The smallest absolute Gasteiger partial charge is 0.240 e. The van der Waals surface area contributed by atoms with Crippen LogP contribution >= 0.6 is 15.9 Å². The fraction of sp³-hybridized carbons (Fsp3) is 0.154. The molecule has 0 atom stereocenters. The molecule has 0 aromatic heterocycles. The monoisotopic (exact) mass is 534 g/mol. The van der Waals surface area contributed by atoms with Crippen molar-refractivity contribution >= 4 is 39.6 Å². The summed E-state index contributed by atoms with van der Waals surface area (Å²) in [4.78, 5) is 24.1. The molecule has 35 heavy (non-hydrogen) atoms. The lowest BCUT2D eigenvalue weighted by atomic mass is 10.1. The Hall–Kier alpha value is -4.16. The highest BCUT2D eigenvalue weighted by Crippen LogP contribution is 2.27. The van der Waals surface area contributed by atoms with Crippen molar-refractivity contribution < 1.29 is 19.1 Å². The van der Waals surface area contributed by atoms with Crippen LogP contribution in [0.15, 0.2) is 76.3 Å². The van der Waals surface area contributed by atoms with Crippen LogP contribution in [0.25, 0.3) is 0 Å². The van der Waals surface area contributed by atoms with Crippen LogP contribution in [0, 0.1) is 11.3 Å². The van der Waals surface area contributed by atoms with E-state index in [1.54, 1.807) is 48.5 Å². The van der Waals surface area contributed by atoms with E-state index in [1.165, 1.54) is 13.3 Å². The van der Waals surface area contributed by atoms with Crippen molar-refractivity contribution in [2.45, 2.75) is 19.4 Å². The quantitative estimate of drug-likeness (QED) is 0.287. The minimum absolute atomic E-state index is 0.00587. The molecule has 0 bridgehead atoms. The topological polar surface area (TPSA) is 113 Å². The SMILES string of the molecule is COc1ccccc1NC(=O)CCC(=O)NN=Cc1ccc(OCc2ccccc2C#N)c(Br)c1. The molecule has 2 amide bonds. The number of hydrogen-bond donors (Lipinski definition) is 2. The molecule has 9 heteroatoms. The summed E-state index contributed by atoms with van der Waals surface area (Å²) in [5, 5.41) is 15.9. The molecular weight excluding hydrogens is 512 g/mol. The van der Waals surface area contributed by atoms with Crippen LogP contribution in [0.3, 0.4) is 0 Å². The van der Waals surface area contributed by atoms with Gasteiger partial charge in [0.05, 0.1) is 35.1 Å². The first-order chi connectivity index (χ1) is 17.0. The highest BCUT2D eigenvalue weighted by molar-refractivity contribution is 9.10. The number of ether oxygens (including phenoxy) is 2. The van der Waals surface area contributed by atoms with Gasteiger partial charge in [0.15, 0.2) is 0 Å². The van der Waals surface area contributed by atoms with E-state index in [0.29, 0.717) is 27.2 Å². The zero-order valence-electron chi connectivity index (χ0n) is 19.0. The Kier molecular flexibility index (Phi) is 9.39. The summed E-state index contributed by atoms with van der Waals surface area (Å²) < 4.78 is 11.7. The Morgan fingerprint density at radius 1 is 1.03 bits per heavy atom. The molecule has 0 saturated heterocycles. The fourth-order valence-electron chi connectivity index (χ4n) is 3.05. The zero-order valence-corrected chi connectivity index (χ0v) is 20.5. The van der Waals surface area contributed by atoms with Crippen molar-refractivity contribution in [3.05, 3.63) is 87.9 Å². The predicted octanol–water partition coefficient (Wildman–Crippen LogP) is 4.78. The van der Waals surface area contributed by atoms with Gasteiger partial charge < -0.3 is 14.8 Å². The Labute approximate surface area is 211 Å². The maximum Gasteiger partial charge on any atom is 0.240 e. The van der Waals surface area contributed by atoms with Gasteiger partial charge in [0, 0.05) is 18.4 Å². The Balaban J connectivity index is 1.45. The number of halogens is 1. The van der Waals surface area contributed by atoms with Gasteiger partial charge in [0.1, 0.15) is 18.1 Å². The number of para-hydroxylation sites is 2. The molecule has 3 aromatic rings. The Morgan fingerprint density at radius 3 is 2.54 bits per heavy atom. The second-order valence-corrected chi connectivity index (χ2v) is 8.14. The van der Waals surface area contributed by atoms with Crippen LogP contribution in [-0.4, -0.2) is 25.1 Å². The molecule has 0 unspecified atom stereocenters. The van der Waals surface area contributed by atoms with E-state index in [9.17, 15) is 14.9 Å². The van der Waals surface area contributed by atoms with Crippen LogP contribution in [0.5, 0.6) is 11.5 Å². The molecule has 0 heterocycles. The van der Waals surface area contributed by atoms with Gasteiger partial charge in [-0.15, -0.1) is 0 Å². The lowest BCUT2D eigenvalue weighted by Gasteiger charge is -2.10. The average molecular weight is 535 g/mol. The third-order valence-electron chi connectivity index (χ3n) is 4.84. The first-order valence-corrected chi connectivity index (χ1v) is 11.4. The Morgan fingerprint density at radius 2 is 1.77 bits per heavy atom. The number of nitrogens with one attached hydrogen (secondary N) is 2. The van der Waals surface area contributed by atoms with E-state index < -0.39 is 0 Å². The van der Waals surface area contributed by atoms with E-state index >= 15 is 0 Å². The second kappa shape index (κ2) is 12.9. The summed E-state index contributed by atoms with van der Waals surface area (Å²) in [7, 11) is 1.52. The minimum Gasteiger partial charge on any atom is -0.495 e. The molecule has 2 N–H and O–H groups in total. The number of methoxy groups -OCH3 is 1. The Bertz CT molecular complexity index is 1270. The molecule has 0 saturated carbocycles. The lowest BCUT2D eigenvalue weighted by molar-refractivity contribution is -0.124. The largest absolute Gasteiger partial charge is 0.495 e. The first-order valence-electron chi connectivity index (χ1n) is 10.6. The van der Waals surface area contributed by atoms with Gasteiger partial charge in [-0.25, -0.2) is 5.43 Å². The number of rotatable bonds is 10. The lowest BCUT2D eigenvalue weighted by Crippen LogP contribution is -2.20. The van der Waals surface area contributed by atoms with Crippen LogP contribution in [0.1, 0.15) is 29.5 Å². The van der Waals surface area contributed by atoms with Crippen molar-refractivity contribution in [3.8, 4) is 17.6 Å². The van der Waals surface area contributed by atoms with Crippen molar-refractivity contribution in [1.29, 1.82) is 5.26 Å². The third-order valence-corrected chi connectivity index (χ3v) is 5.46. The number of anilines is 1. The minimum atomic E-state index is -0.383.